The van der Waals surface area contributed by atoms with Crippen molar-refractivity contribution in [2.45, 2.75) is 17.5 Å². The van der Waals surface area contributed by atoms with Crippen molar-refractivity contribution in [2.24, 2.45) is 0 Å². The van der Waals surface area contributed by atoms with E-state index in [1.165, 1.54) is 16.6 Å². The van der Waals surface area contributed by atoms with Gasteiger partial charge >= 0.3 is 0 Å². The Morgan fingerprint density at radius 3 is 2.79 bits per heavy atom. The normalized spacial score (nSPS) is 11.0. The van der Waals surface area contributed by atoms with E-state index in [9.17, 15) is 0 Å². The fourth-order valence-corrected chi connectivity index (χ4v) is 3.48. The number of hydrogen-bond acceptors (Lipinski definition) is 8. The topological polar surface area (TPSA) is 82.5 Å². The van der Waals surface area contributed by atoms with Crippen LogP contribution in [0.1, 0.15) is 10.8 Å². The predicted octanol–water partition coefficient (Wildman–Crippen LogP) is 3.13. The molecule has 0 aliphatic heterocycles. The summed E-state index contributed by atoms with van der Waals surface area (Å²) in [4.78, 5) is 1.20. The lowest BCUT2D eigenvalue weighted by Crippen LogP contribution is -2.02. The van der Waals surface area contributed by atoms with Gasteiger partial charge < -0.3 is 4.42 Å². The fourth-order valence-electron chi connectivity index (χ4n) is 2.08. The average molecular weight is 356 g/mol. The van der Waals surface area contributed by atoms with Crippen LogP contribution in [0.3, 0.4) is 0 Å². The second-order valence-electron chi connectivity index (χ2n) is 4.85. The first-order chi connectivity index (χ1) is 11.9. The first kappa shape index (κ1) is 15.0. The molecule has 0 saturated carbocycles. The van der Waals surface area contributed by atoms with Crippen LogP contribution in [-0.2, 0) is 12.3 Å². The Hall–Kier alpha value is -2.52. The Balaban J connectivity index is 1.43. The summed E-state index contributed by atoms with van der Waals surface area (Å²) in [6.07, 6.45) is 0. The molecule has 0 radical (unpaired) electrons. The maximum absolute atomic E-state index is 5.69. The van der Waals surface area contributed by atoms with Gasteiger partial charge in [-0.05, 0) is 34.0 Å². The molecule has 9 heteroatoms. The molecule has 0 spiro atoms. The highest BCUT2D eigenvalue weighted by molar-refractivity contribution is 7.98. The summed E-state index contributed by atoms with van der Waals surface area (Å²) >= 11 is 3.15. The van der Waals surface area contributed by atoms with Crippen LogP contribution in [0.25, 0.3) is 11.5 Å². The summed E-state index contributed by atoms with van der Waals surface area (Å²) in [5, 5.41) is 22.8. The van der Waals surface area contributed by atoms with E-state index in [0.717, 1.165) is 10.7 Å². The van der Waals surface area contributed by atoms with Crippen molar-refractivity contribution in [3.63, 3.8) is 0 Å². The predicted molar refractivity (Wildman–Crippen MR) is 90.5 cm³/mol. The Morgan fingerprint density at radius 1 is 1.04 bits per heavy atom. The Bertz CT molecular complexity index is 903. The minimum atomic E-state index is 0.518. The monoisotopic (exact) mass is 356 g/mol. The van der Waals surface area contributed by atoms with Gasteiger partial charge in [0, 0.05) is 10.4 Å². The smallest absolute Gasteiger partial charge is 0.247 e. The van der Waals surface area contributed by atoms with Crippen LogP contribution >= 0.6 is 23.1 Å². The van der Waals surface area contributed by atoms with Crippen LogP contribution in [-0.4, -0.2) is 30.4 Å². The molecule has 0 aliphatic carbocycles. The Labute approximate surface area is 145 Å². The van der Waals surface area contributed by atoms with E-state index >= 15 is 0 Å². The first-order valence-electron chi connectivity index (χ1n) is 7.17. The van der Waals surface area contributed by atoms with Crippen molar-refractivity contribution in [2.75, 3.05) is 0 Å². The molecule has 0 aliphatic rings. The van der Waals surface area contributed by atoms with Gasteiger partial charge in [0.05, 0.1) is 12.3 Å². The summed E-state index contributed by atoms with van der Waals surface area (Å²) in [6.45, 7) is 0.659. The van der Waals surface area contributed by atoms with Gasteiger partial charge in [0.2, 0.25) is 16.9 Å². The first-order valence-corrected chi connectivity index (χ1v) is 9.04. The van der Waals surface area contributed by atoms with Crippen molar-refractivity contribution in [3.05, 3.63) is 58.6 Å². The summed E-state index contributed by atoms with van der Waals surface area (Å²) < 4.78 is 7.46. The van der Waals surface area contributed by atoms with Gasteiger partial charge in [0.15, 0.2) is 0 Å². The molecule has 4 aromatic rings. The molecule has 0 amide bonds. The molecule has 0 atom stereocenters. The maximum Gasteiger partial charge on any atom is 0.247 e. The average Bonchev–Trinajstić information content (AvgIpc) is 3.37. The fraction of sp³-hybridized carbons (Fsp3) is 0.133. The number of nitrogens with zero attached hydrogens (tertiary/aromatic N) is 6. The van der Waals surface area contributed by atoms with Gasteiger partial charge in [-0.1, -0.05) is 36.0 Å². The van der Waals surface area contributed by atoms with E-state index in [1.807, 2.05) is 41.8 Å². The van der Waals surface area contributed by atoms with Gasteiger partial charge in [-0.3, -0.25) is 0 Å². The summed E-state index contributed by atoms with van der Waals surface area (Å²) in [5.41, 5.74) is 0.906. The van der Waals surface area contributed by atoms with Gasteiger partial charge in [-0.25, -0.2) is 4.68 Å². The van der Waals surface area contributed by atoms with Crippen LogP contribution in [0.4, 0.5) is 0 Å². The zero-order chi connectivity index (χ0) is 16.2. The molecule has 0 N–H and O–H groups in total. The second kappa shape index (κ2) is 6.93. The highest BCUT2D eigenvalue weighted by Gasteiger charge is 2.12. The number of tetrazole rings is 1. The molecule has 3 heterocycles. The minimum Gasteiger partial charge on any atom is -0.420 e. The van der Waals surface area contributed by atoms with E-state index in [4.69, 9.17) is 4.42 Å². The molecular weight excluding hydrogens is 344 g/mol. The summed E-state index contributed by atoms with van der Waals surface area (Å²) in [5.74, 6) is 1.58. The van der Waals surface area contributed by atoms with E-state index in [1.54, 1.807) is 16.0 Å². The largest absolute Gasteiger partial charge is 0.420 e. The third-order valence-electron chi connectivity index (χ3n) is 3.20. The van der Waals surface area contributed by atoms with Crippen molar-refractivity contribution < 1.29 is 4.42 Å². The van der Waals surface area contributed by atoms with E-state index in [-0.39, 0.29) is 0 Å². The molecule has 7 nitrogen and oxygen atoms in total. The molecule has 0 bridgehead atoms. The Morgan fingerprint density at radius 2 is 1.96 bits per heavy atom. The van der Waals surface area contributed by atoms with Crippen LogP contribution in [0.2, 0.25) is 0 Å². The highest BCUT2D eigenvalue weighted by atomic mass is 32.2. The third kappa shape index (κ3) is 3.36. The van der Waals surface area contributed by atoms with E-state index < -0.39 is 0 Å². The van der Waals surface area contributed by atoms with Crippen molar-refractivity contribution in [1.82, 2.24) is 30.4 Å². The number of benzene rings is 1. The molecular formula is C15H12N6OS2. The zero-order valence-corrected chi connectivity index (χ0v) is 14.1. The molecule has 0 saturated heterocycles. The van der Waals surface area contributed by atoms with Gasteiger partial charge in [0.1, 0.15) is 0 Å². The van der Waals surface area contributed by atoms with Crippen molar-refractivity contribution >= 4 is 23.1 Å². The molecule has 4 rings (SSSR count). The molecule has 0 unspecified atom stereocenters. The number of thiophene rings is 1. The minimum absolute atomic E-state index is 0.518. The highest BCUT2D eigenvalue weighted by Crippen LogP contribution is 2.23. The number of hydrogen-bond donors (Lipinski definition) is 0. The zero-order valence-electron chi connectivity index (χ0n) is 12.4. The summed E-state index contributed by atoms with van der Waals surface area (Å²) in [6, 6.07) is 13.8. The summed E-state index contributed by atoms with van der Waals surface area (Å²) in [7, 11) is 0. The lowest BCUT2D eigenvalue weighted by atomic mass is 10.2. The van der Waals surface area contributed by atoms with Gasteiger partial charge in [-0.2, -0.15) is 0 Å². The number of aromatic nitrogens is 6. The SMILES string of the molecule is c1ccc(-c2nnc(CSc3nnnn3Cc3cccs3)o2)cc1. The van der Waals surface area contributed by atoms with Gasteiger partial charge in [-0.15, -0.1) is 26.6 Å². The van der Waals surface area contributed by atoms with E-state index in [0.29, 0.717) is 24.1 Å². The molecule has 120 valence electrons. The lowest BCUT2D eigenvalue weighted by molar-refractivity contribution is 0.527. The quantitative estimate of drug-likeness (QED) is 0.491. The van der Waals surface area contributed by atoms with E-state index in [2.05, 4.69) is 31.8 Å². The standard InChI is InChI=1S/C15H12N6OS2/c1-2-5-11(6-3-1)14-17-16-13(22-14)10-24-15-18-19-20-21(15)9-12-7-4-8-23-12/h1-8H,9-10H2. The molecule has 3 aromatic heterocycles. The van der Waals surface area contributed by atoms with Crippen LogP contribution in [0.15, 0.2) is 57.4 Å². The van der Waals surface area contributed by atoms with Crippen LogP contribution in [0, 0.1) is 0 Å². The number of thioether (sulfide) groups is 1. The maximum atomic E-state index is 5.69. The molecule has 1 aromatic carbocycles. The van der Waals surface area contributed by atoms with Gasteiger partial charge in [0.25, 0.3) is 0 Å². The third-order valence-corrected chi connectivity index (χ3v) is 5.00. The molecule has 24 heavy (non-hydrogen) atoms. The van der Waals surface area contributed by atoms with Crippen LogP contribution in [0.5, 0.6) is 0 Å². The lowest BCUT2D eigenvalue weighted by Gasteiger charge is -2.00. The van der Waals surface area contributed by atoms with Crippen molar-refractivity contribution in [1.29, 1.82) is 0 Å². The molecule has 0 fully saturated rings. The van der Waals surface area contributed by atoms with Crippen LogP contribution < -0.4 is 0 Å². The van der Waals surface area contributed by atoms with Crippen molar-refractivity contribution in [3.8, 4) is 11.5 Å². The number of rotatable bonds is 6. The second-order valence-corrected chi connectivity index (χ2v) is 6.83. The Kier molecular flexibility index (Phi) is 4.34.